The molecule has 0 spiro atoms. The molecule has 84 valence electrons. The number of nitrogens with two attached hydrogens (primary N) is 1. The van der Waals surface area contributed by atoms with E-state index in [1.165, 1.54) is 0 Å². The molecule has 0 aliphatic heterocycles. The molecule has 0 atom stereocenters. The SMILES string of the molecule is Cc1nc(-c2ccc(Cl)c(Br)c2)sc1CN. The molecule has 2 N–H and O–H groups in total. The average Bonchev–Trinajstić information content (AvgIpc) is 2.64. The van der Waals surface area contributed by atoms with Gasteiger partial charge in [0.05, 0.1) is 10.7 Å². The maximum absolute atomic E-state index is 5.95. The number of hydrogen-bond acceptors (Lipinski definition) is 3. The molecule has 0 saturated heterocycles. The van der Waals surface area contributed by atoms with Crippen LogP contribution in [0.25, 0.3) is 10.6 Å². The Kier molecular flexibility index (Phi) is 3.64. The van der Waals surface area contributed by atoms with Gasteiger partial charge in [-0.1, -0.05) is 17.7 Å². The van der Waals surface area contributed by atoms with Gasteiger partial charge in [0.2, 0.25) is 0 Å². The van der Waals surface area contributed by atoms with Crippen LogP contribution in [0.15, 0.2) is 22.7 Å². The molecule has 0 aliphatic rings. The van der Waals surface area contributed by atoms with Gasteiger partial charge in [0, 0.05) is 21.5 Å². The Bertz CT molecular complexity index is 525. The van der Waals surface area contributed by atoms with E-state index < -0.39 is 0 Å². The van der Waals surface area contributed by atoms with Gasteiger partial charge in [-0.15, -0.1) is 11.3 Å². The van der Waals surface area contributed by atoms with Crippen LogP contribution >= 0.6 is 38.9 Å². The second-order valence-corrected chi connectivity index (χ2v) is 5.71. The summed E-state index contributed by atoms with van der Waals surface area (Å²) >= 11 is 11.0. The Labute approximate surface area is 112 Å². The molecule has 1 aromatic heterocycles. The normalized spacial score (nSPS) is 10.8. The molecule has 0 aliphatic carbocycles. The first kappa shape index (κ1) is 12.0. The van der Waals surface area contributed by atoms with E-state index in [1.54, 1.807) is 11.3 Å². The van der Waals surface area contributed by atoms with Crippen molar-refractivity contribution in [3.63, 3.8) is 0 Å². The number of hydrogen-bond donors (Lipinski definition) is 1. The van der Waals surface area contributed by atoms with E-state index in [1.807, 2.05) is 25.1 Å². The Hall–Kier alpha value is -0.420. The highest BCUT2D eigenvalue weighted by molar-refractivity contribution is 9.10. The van der Waals surface area contributed by atoms with E-state index in [2.05, 4.69) is 20.9 Å². The summed E-state index contributed by atoms with van der Waals surface area (Å²) in [5.41, 5.74) is 7.70. The third-order valence-corrected chi connectivity index (χ3v) is 4.69. The van der Waals surface area contributed by atoms with E-state index in [-0.39, 0.29) is 0 Å². The summed E-state index contributed by atoms with van der Waals surface area (Å²) in [7, 11) is 0. The van der Waals surface area contributed by atoms with Gasteiger partial charge in [0.15, 0.2) is 0 Å². The standard InChI is InChI=1S/C11H10BrClN2S/c1-6-10(5-14)16-11(15-6)7-2-3-9(13)8(12)4-7/h2-4H,5,14H2,1H3. The van der Waals surface area contributed by atoms with Crippen LogP contribution in [-0.4, -0.2) is 4.98 Å². The van der Waals surface area contributed by atoms with Crippen molar-refractivity contribution in [1.82, 2.24) is 4.98 Å². The van der Waals surface area contributed by atoms with Gasteiger partial charge in [-0.2, -0.15) is 0 Å². The van der Waals surface area contributed by atoms with Crippen LogP contribution in [0.1, 0.15) is 10.6 Å². The van der Waals surface area contributed by atoms with Gasteiger partial charge in [0.1, 0.15) is 5.01 Å². The number of aromatic nitrogens is 1. The summed E-state index contributed by atoms with van der Waals surface area (Å²) in [5, 5.41) is 1.69. The van der Waals surface area contributed by atoms with Gasteiger partial charge >= 0.3 is 0 Å². The van der Waals surface area contributed by atoms with Gasteiger partial charge in [-0.05, 0) is 35.0 Å². The van der Waals surface area contributed by atoms with Gasteiger partial charge in [0.25, 0.3) is 0 Å². The molecule has 0 unspecified atom stereocenters. The van der Waals surface area contributed by atoms with Crippen LogP contribution in [0, 0.1) is 6.92 Å². The van der Waals surface area contributed by atoms with Crippen molar-refractivity contribution in [3.05, 3.63) is 38.3 Å². The lowest BCUT2D eigenvalue weighted by atomic mass is 10.2. The second kappa shape index (κ2) is 4.84. The zero-order valence-corrected chi connectivity index (χ0v) is 11.8. The van der Waals surface area contributed by atoms with Gasteiger partial charge in [-0.3, -0.25) is 0 Å². The number of halogens is 2. The fourth-order valence-electron chi connectivity index (χ4n) is 1.37. The van der Waals surface area contributed by atoms with Crippen LogP contribution in [-0.2, 0) is 6.54 Å². The number of aryl methyl sites for hydroxylation is 1. The van der Waals surface area contributed by atoms with E-state index in [9.17, 15) is 0 Å². The van der Waals surface area contributed by atoms with Crippen molar-refractivity contribution >= 4 is 38.9 Å². The smallest absolute Gasteiger partial charge is 0.123 e. The molecule has 2 nitrogen and oxygen atoms in total. The number of nitrogens with zero attached hydrogens (tertiary/aromatic N) is 1. The summed E-state index contributed by atoms with van der Waals surface area (Å²) in [4.78, 5) is 5.62. The maximum atomic E-state index is 5.95. The summed E-state index contributed by atoms with van der Waals surface area (Å²) in [6.07, 6.45) is 0. The van der Waals surface area contributed by atoms with E-state index in [0.717, 1.165) is 25.6 Å². The highest BCUT2D eigenvalue weighted by Crippen LogP contribution is 2.32. The second-order valence-electron chi connectivity index (χ2n) is 3.36. The van der Waals surface area contributed by atoms with E-state index >= 15 is 0 Å². The first-order chi connectivity index (χ1) is 7.61. The van der Waals surface area contributed by atoms with Crippen LogP contribution in [0.4, 0.5) is 0 Å². The third kappa shape index (κ3) is 2.30. The van der Waals surface area contributed by atoms with Crippen LogP contribution in [0.2, 0.25) is 5.02 Å². The Morgan fingerprint density at radius 3 is 2.81 bits per heavy atom. The maximum Gasteiger partial charge on any atom is 0.123 e. The average molecular weight is 318 g/mol. The minimum atomic E-state index is 0.540. The molecule has 1 aromatic carbocycles. The van der Waals surface area contributed by atoms with Crippen molar-refractivity contribution in [3.8, 4) is 10.6 Å². The topological polar surface area (TPSA) is 38.9 Å². The summed E-state index contributed by atoms with van der Waals surface area (Å²) in [5.74, 6) is 0. The van der Waals surface area contributed by atoms with Gasteiger partial charge < -0.3 is 5.73 Å². The Morgan fingerprint density at radius 1 is 1.50 bits per heavy atom. The molecule has 2 rings (SSSR count). The third-order valence-electron chi connectivity index (χ3n) is 2.24. The first-order valence-corrected chi connectivity index (χ1v) is 6.72. The monoisotopic (exact) mass is 316 g/mol. The molecular weight excluding hydrogens is 308 g/mol. The molecule has 1 heterocycles. The zero-order valence-electron chi connectivity index (χ0n) is 8.63. The fraction of sp³-hybridized carbons (Fsp3) is 0.182. The minimum Gasteiger partial charge on any atom is -0.326 e. The quantitative estimate of drug-likeness (QED) is 0.909. The molecular formula is C11H10BrClN2S. The largest absolute Gasteiger partial charge is 0.326 e. The van der Waals surface area contributed by atoms with Crippen LogP contribution in [0.5, 0.6) is 0 Å². The molecule has 2 aromatic rings. The predicted octanol–water partition coefficient (Wildman–Crippen LogP) is 3.99. The summed E-state index contributed by atoms with van der Waals surface area (Å²) in [6.45, 7) is 2.52. The highest BCUT2D eigenvalue weighted by atomic mass is 79.9. The number of rotatable bonds is 2. The van der Waals surface area contributed by atoms with Gasteiger partial charge in [-0.25, -0.2) is 4.98 Å². The molecule has 0 saturated carbocycles. The minimum absolute atomic E-state index is 0.540. The van der Waals surface area contributed by atoms with E-state index in [0.29, 0.717) is 11.6 Å². The van der Waals surface area contributed by atoms with Crippen molar-refractivity contribution in [2.75, 3.05) is 0 Å². The van der Waals surface area contributed by atoms with E-state index in [4.69, 9.17) is 17.3 Å². The van der Waals surface area contributed by atoms with Crippen molar-refractivity contribution < 1.29 is 0 Å². The van der Waals surface area contributed by atoms with Crippen molar-refractivity contribution in [1.29, 1.82) is 0 Å². The first-order valence-electron chi connectivity index (χ1n) is 4.73. The van der Waals surface area contributed by atoms with Crippen LogP contribution < -0.4 is 5.73 Å². The van der Waals surface area contributed by atoms with Crippen molar-refractivity contribution in [2.24, 2.45) is 5.73 Å². The molecule has 0 radical (unpaired) electrons. The Balaban J connectivity index is 2.46. The highest BCUT2D eigenvalue weighted by Gasteiger charge is 2.09. The number of benzene rings is 1. The Morgan fingerprint density at radius 2 is 2.25 bits per heavy atom. The summed E-state index contributed by atoms with van der Waals surface area (Å²) < 4.78 is 0.883. The zero-order chi connectivity index (χ0) is 11.7. The summed E-state index contributed by atoms with van der Waals surface area (Å²) in [6, 6.07) is 5.80. The fourth-order valence-corrected chi connectivity index (χ4v) is 2.80. The lowest BCUT2D eigenvalue weighted by Gasteiger charge is -1.99. The molecule has 0 amide bonds. The molecule has 16 heavy (non-hydrogen) atoms. The number of thiazole rings is 1. The van der Waals surface area contributed by atoms with Crippen LogP contribution in [0.3, 0.4) is 0 Å². The molecule has 0 bridgehead atoms. The predicted molar refractivity (Wildman–Crippen MR) is 72.9 cm³/mol. The van der Waals surface area contributed by atoms with Crippen molar-refractivity contribution in [2.45, 2.75) is 13.5 Å². The molecule has 0 fully saturated rings. The lowest BCUT2D eigenvalue weighted by Crippen LogP contribution is -1.94. The lowest BCUT2D eigenvalue weighted by molar-refractivity contribution is 1.06. The molecule has 5 heteroatoms.